The summed E-state index contributed by atoms with van der Waals surface area (Å²) in [5, 5.41) is 1.10. The molecule has 0 saturated carbocycles. The molecule has 0 aromatic heterocycles. The number of hydrogen-bond acceptors (Lipinski definition) is 3. The molecule has 27 heavy (non-hydrogen) atoms. The summed E-state index contributed by atoms with van der Waals surface area (Å²) in [7, 11) is -2.10. The van der Waals surface area contributed by atoms with Crippen molar-refractivity contribution in [3.8, 4) is 0 Å². The van der Waals surface area contributed by atoms with Crippen molar-refractivity contribution in [1.82, 2.24) is 0 Å². The molecule has 0 amide bonds. The van der Waals surface area contributed by atoms with Crippen LogP contribution in [0.5, 0.6) is 0 Å². The van der Waals surface area contributed by atoms with E-state index in [0.29, 0.717) is 0 Å². The Morgan fingerprint density at radius 1 is 0.704 bits per heavy atom. The first-order chi connectivity index (χ1) is 13.1. The van der Waals surface area contributed by atoms with Crippen LogP contribution >= 0.6 is 15.9 Å². The standard InChI is InChI=1S/C22H47BrO3Si/c1-5-7-8-9-10-11-13-16-20-24-22(18-6-2)26-27(3,4)25-21-17-14-12-15-19-23/h22H,5-21H2,1-4H3. The molecule has 0 aromatic carbocycles. The number of unbranched alkanes of at least 4 members (excludes halogenated alkanes) is 10. The van der Waals surface area contributed by atoms with E-state index in [4.69, 9.17) is 13.6 Å². The van der Waals surface area contributed by atoms with E-state index in [9.17, 15) is 0 Å². The van der Waals surface area contributed by atoms with Crippen molar-refractivity contribution < 1.29 is 13.6 Å². The van der Waals surface area contributed by atoms with Gasteiger partial charge in [0.25, 0.3) is 0 Å². The first-order valence-electron chi connectivity index (χ1n) is 11.5. The van der Waals surface area contributed by atoms with Crippen molar-refractivity contribution in [3.05, 3.63) is 0 Å². The summed E-state index contributed by atoms with van der Waals surface area (Å²) < 4.78 is 18.4. The fourth-order valence-electron chi connectivity index (χ4n) is 3.08. The first kappa shape index (κ1) is 27.6. The molecule has 5 heteroatoms. The fraction of sp³-hybridized carbons (Fsp3) is 1.00. The minimum Gasteiger partial charge on any atom is -0.394 e. The van der Waals surface area contributed by atoms with Crippen LogP contribution in [-0.2, 0) is 13.6 Å². The molecule has 0 aliphatic carbocycles. The van der Waals surface area contributed by atoms with Gasteiger partial charge in [-0.15, -0.1) is 0 Å². The normalized spacial score (nSPS) is 13.2. The molecule has 0 bridgehead atoms. The van der Waals surface area contributed by atoms with Gasteiger partial charge in [-0.1, -0.05) is 94.0 Å². The quantitative estimate of drug-likeness (QED) is 0.0742. The molecule has 0 aliphatic heterocycles. The van der Waals surface area contributed by atoms with Gasteiger partial charge in [-0.3, -0.25) is 0 Å². The maximum absolute atomic E-state index is 6.27. The zero-order chi connectivity index (χ0) is 20.2. The number of halogens is 1. The van der Waals surface area contributed by atoms with Crippen LogP contribution in [-0.4, -0.2) is 33.4 Å². The van der Waals surface area contributed by atoms with E-state index < -0.39 is 8.56 Å². The van der Waals surface area contributed by atoms with Crippen LogP contribution in [0.15, 0.2) is 0 Å². The average molecular weight is 468 g/mol. The molecule has 0 aliphatic rings. The SMILES string of the molecule is CCCCCCCCCCOC(CCC)O[Si](C)(C)OCCCCCCBr. The largest absolute Gasteiger partial charge is 0.394 e. The smallest absolute Gasteiger partial charge is 0.333 e. The van der Waals surface area contributed by atoms with Crippen molar-refractivity contribution in [2.75, 3.05) is 18.5 Å². The predicted molar refractivity (Wildman–Crippen MR) is 124 cm³/mol. The van der Waals surface area contributed by atoms with E-state index in [0.717, 1.165) is 44.2 Å². The Kier molecular flexibility index (Phi) is 20.3. The number of alkyl halides is 1. The summed E-state index contributed by atoms with van der Waals surface area (Å²) in [5.74, 6) is 0. The van der Waals surface area contributed by atoms with Gasteiger partial charge in [-0.25, -0.2) is 0 Å². The van der Waals surface area contributed by atoms with Crippen LogP contribution in [0.1, 0.15) is 104 Å². The maximum atomic E-state index is 6.27. The fourth-order valence-corrected chi connectivity index (χ4v) is 5.00. The van der Waals surface area contributed by atoms with Gasteiger partial charge < -0.3 is 13.6 Å². The van der Waals surface area contributed by atoms with Gasteiger partial charge in [-0.2, -0.15) is 0 Å². The second kappa shape index (κ2) is 19.9. The predicted octanol–water partition coefficient (Wildman–Crippen LogP) is 7.96. The molecule has 0 saturated heterocycles. The van der Waals surface area contributed by atoms with Gasteiger partial charge in [0.1, 0.15) is 6.29 Å². The molecule has 0 fully saturated rings. The van der Waals surface area contributed by atoms with Crippen LogP contribution in [0.25, 0.3) is 0 Å². The van der Waals surface area contributed by atoms with Crippen molar-refractivity contribution in [1.29, 1.82) is 0 Å². The number of hydrogen-bond donors (Lipinski definition) is 0. The van der Waals surface area contributed by atoms with Crippen LogP contribution in [0.3, 0.4) is 0 Å². The Bertz CT molecular complexity index is 303. The lowest BCUT2D eigenvalue weighted by Gasteiger charge is -2.29. The summed E-state index contributed by atoms with van der Waals surface area (Å²) in [6, 6.07) is 0. The molecular weight excluding hydrogens is 420 g/mol. The highest BCUT2D eigenvalue weighted by molar-refractivity contribution is 9.09. The van der Waals surface area contributed by atoms with Crippen LogP contribution in [0.2, 0.25) is 13.1 Å². The summed E-state index contributed by atoms with van der Waals surface area (Å²) in [6.07, 6.45) is 17.5. The molecule has 0 spiro atoms. The minimum absolute atomic E-state index is 0.0883. The minimum atomic E-state index is -2.10. The maximum Gasteiger partial charge on any atom is 0.333 e. The lowest BCUT2D eigenvalue weighted by atomic mass is 10.1. The number of ether oxygens (including phenoxy) is 1. The van der Waals surface area contributed by atoms with Gasteiger partial charge in [-0.05, 0) is 38.8 Å². The Balaban J connectivity index is 3.82. The second-order valence-corrected chi connectivity index (χ2v) is 12.2. The monoisotopic (exact) mass is 466 g/mol. The van der Waals surface area contributed by atoms with Gasteiger partial charge in [0, 0.05) is 18.5 Å². The highest BCUT2D eigenvalue weighted by Crippen LogP contribution is 2.17. The molecule has 3 nitrogen and oxygen atoms in total. The van der Waals surface area contributed by atoms with Crippen molar-refractivity contribution in [2.45, 2.75) is 123 Å². The van der Waals surface area contributed by atoms with Crippen molar-refractivity contribution in [2.24, 2.45) is 0 Å². The Labute approximate surface area is 179 Å². The third kappa shape index (κ3) is 19.7. The van der Waals surface area contributed by atoms with E-state index in [1.165, 1.54) is 64.2 Å². The molecule has 0 radical (unpaired) electrons. The Morgan fingerprint density at radius 3 is 1.85 bits per heavy atom. The van der Waals surface area contributed by atoms with Crippen LogP contribution < -0.4 is 0 Å². The molecule has 0 heterocycles. The highest BCUT2D eigenvalue weighted by Gasteiger charge is 2.28. The van der Waals surface area contributed by atoms with Crippen LogP contribution in [0.4, 0.5) is 0 Å². The molecule has 0 N–H and O–H groups in total. The third-order valence-corrected chi connectivity index (χ3v) is 7.01. The van der Waals surface area contributed by atoms with E-state index in [-0.39, 0.29) is 6.29 Å². The van der Waals surface area contributed by atoms with Crippen molar-refractivity contribution >= 4 is 24.5 Å². The highest BCUT2D eigenvalue weighted by atomic mass is 79.9. The van der Waals surface area contributed by atoms with Crippen molar-refractivity contribution in [3.63, 3.8) is 0 Å². The second-order valence-electron chi connectivity index (χ2n) is 8.03. The average Bonchev–Trinajstić information content (AvgIpc) is 2.63. The third-order valence-electron chi connectivity index (χ3n) is 4.72. The zero-order valence-electron chi connectivity index (χ0n) is 18.7. The Hall–Kier alpha value is 0.577. The van der Waals surface area contributed by atoms with E-state index >= 15 is 0 Å². The van der Waals surface area contributed by atoms with Gasteiger partial charge in [0.2, 0.25) is 0 Å². The number of rotatable bonds is 21. The van der Waals surface area contributed by atoms with Gasteiger partial charge in [0.15, 0.2) is 0 Å². The zero-order valence-corrected chi connectivity index (χ0v) is 21.3. The molecule has 1 unspecified atom stereocenters. The van der Waals surface area contributed by atoms with Crippen LogP contribution in [0, 0.1) is 0 Å². The van der Waals surface area contributed by atoms with Gasteiger partial charge in [0.05, 0.1) is 0 Å². The molecule has 0 aromatic rings. The summed E-state index contributed by atoms with van der Waals surface area (Å²) in [5.41, 5.74) is 0. The first-order valence-corrected chi connectivity index (χ1v) is 15.5. The molecule has 0 rings (SSSR count). The van der Waals surface area contributed by atoms with E-state index in [1.54, 1.807) is 0 Å². The summed E-state index contributed by atoms with van der Waals surface area (Å²) >= 11 is 3.48. The summed E-state index contributed by atoms with van der Waals surface area (Å²) in [4.78, 5) is 0. The molecular formula is C22H47BrO3Si. The van der Waals surface area contributed by atoms with E-state index in [2.05, 4.69) is 42.9 Å². The molecule has 164 valence electrons. The topological polar surface area (TPSA) is 27.7 Å². The van der Waals surface area contributed by atoms with E-state index in [1.807, 2.05) is 0 Å². The lowest BCUT2D eigenvalue weighted by Crippen LogP contribution is -2.40. The lowest BCUT2D eigenvalue weighted by molar-refractivity contribution is -0.103. The Morgan fingerprint density at radius 2 is 1.26 bits per heavy atom. The molecule has 1 atom stereocenters. The van der Waals surface area contributed by atoms with Gasteiger partial charge >= 0.3 is 8.56 Å². The summed E-state index contributed by atoms with van der Waals surface area (Å²) in [6.45, 7) is 10.4.